The van der Waals surface area contributed by atoms with Gasteiger partial charge in [-0.2, -0.15) is 0 Å². The first-order chi connectivity index (χ1) is 5.70. The van der Waals surface area contributed by atoms with Gasteiger partial charge in [0.1, 0.15) is 0 Å². The first kappa shape index (κ1) is 11.5. The Morgan fingerprint density at radius 3 is 3.00 bits per heavy atom. The second kappa shape index (κ2) is 7.20. The SMILES string of the molecule is C=CC(C)C#CCSC(=S)OC. The zero-order valence-electron chi connectivity index (χ0n) is 7.29. The predicted octanol–water partition coefficient (Wildman–Crippen LogP) is 2.48. The zero-order chi connectivity index (χ0) is 9.40. The lowest BCUT2D eigenvalue weighted by Crippen LogP contribution is -1.91. The van der Waals surface area contributed by atoms with E-state index in [0.717, 1.165) is 0 Å². The molecule has 66 valence electrons. The quantitative estimate of drug-likeness (QED) is 0.385. The fourth-order valence-electron chi connectivity index (χ4n) is 0.416. The van der Waals surface area contributed by atoms with Gasteiger partial charge in [-0.15, -0.1) is 6.58 Å². The van der Waals surface area contributed by atoms with Crippen molar-refractivity contribution in [2.45, 2.75) is 6.92 Å². The lowest BCUT2D eigenvalue weighted by Gasteiger charge is -1.95. The van der Waals surface area contributed by atoms with Crippen molar-refractivity contribution in [2.75, 3.05) is 12.9 Å². The smallest absolute Gasteiger partial charge is 0.220 e. The van der Waals surface area contributed by atoms with Crippen molar-refractivity contribution < 1.29 is 4.74 Å². The van der Waals surface area contributed by atoms with Gasteiger partial charge >= 0.3 is 0 Å². The average molecular weight is 200 g/mol. The van der Waals surface area contributed by atoms with E-state index in [-0.39, 0.29) is 5.92 Å². The van der Waals surface area contributed by atoms with Gasteiger partial charge in [-0.25, -0.2) is 0 Å². The Kier molecular flexibility index (Phi) is 6.93. The number of methoxy groups -OCH3 is 1. The van der Waals surface area contributed by atoms with Gasteiger partial charge in [-0.3, -0.25) is 0 Å². The van der Waals surface area contributed by atoms with Crippen LogP contribution in [0.1, 0.15) is 6.92 Å². The van der Waals surface area contributed by atoms with E-state index >= 15 is 0 Å². The Bertz CT molecular complexity index is 212. The van der Waals surface area contributed by atoms with Crippen molar-refractivity contribution in [1.82, 2.24) is 0 Å². The van der Waals surface area contributed by atoms with Crippen LogP contribution in [0.25, 0.3) is 0 Å². The normalized spacial score (nSPS) is 10.8. The maximum absolute atomic E-state index is 4.82. The van der Waals surface area contributed by atoms with Crippen molar-refractivity contribution in [3.8, 4) is 11.8 Å². The zero-order valence-corrected chi connectivity index (χ0v) is 8.93. The van der Waals surface area contributed by atoms with E-state index in [1.807, 2.05) is 13.0 Å². The molecular weight excluding hydrogens is 188 g/mol. The van der Waals surface area contributed by atoms with E-state index in [1.54, 1.807) is 7.11 Å². The largest absolute Gasteiger partial charge is 0.482 e. The third kappa shape index (κ3) is 6.26. The van der Waals surface area contributed by atoms with E-state index in [1.165, 1.54) is 11.8 Å². The summed E-state index contributed by atoms with van der Waals surface area (Å²) in [7, 11) is 1.56. The summed E-state index contributed by atoms with van der Waals surface area (Å²) in [4.78, 5) is 0. The van der Waals surface area contributed by atoms with Crippen LogP contribution in [0.3, 0.4) is 0 Å². The van der Waals surface area contributed by atoms with Gasteiger partial charge in [-0.1, -0.05) is 29.7 Å². The Hall–Kier alpha value is -0.460. The summed E-state index contributed by atoms with van der Waals surface area (Å²) >= 11 is 6.25. The molecule has 0 heterocycles. The molecule has 0 amide bonds. The molecule has 3 heteroatoms. The van der Waals surface area contributed by atoms with Crippen molar-refractivity contribution in [3.63, 3.8) is 0 Å². The van der Waals surface area contributed by atoms with Crippen LogP contribution in [0, 0.1) is 17.8 Å². The third-order valence-electron chi connectivity index (χ3n) is 1.11. The van der Waals surface area contributed by atoms with Crippen molar-refractivity contribution in [1.29, 1.82) is 0 Å². The standard InChI is InChI=1S/C9H12OS2/c1-4-8(2)6-5-7-12-9(11)10-3/h4,8H,1,7H2,2-3H3. The molecule has 0 aliphatic heterocycles. The Morgan fingerprint density at radius 2 is 2.50 bits per heavy atom. The molecule has 0 aliphatic rings. The van der Waals surface area contributed by atoms with Gasteiger partial charge in [-0.05, 0) is 19.1 Å². The summed E-state index contributed by atoms with van der Waals surface area (Å²) in [5.41, 5.74) is 0. The molecule has 12 heavy (non-hydrogen) atoms. The lowest BCUT2D eigenvalue weighted by molar-refractivity contribution is 0.426. The predicted molar refractivity (Wildman–Crippen MR) is 59.2 cm³/mol. The van der Waals surface area contributed by atoms with Gasteiger partial charge in [0.15, 0.2) is 0 Å². The second-order valence-corrected chi connectivity index (χ2v) is 3.67. The van der Waals surface area contributed by atoms with Crippen LogP contribution in [0.4, 0.5) is 0 Å². The molecular formula is C9H12OS2. The number of allylic oxidation sites excluding steroid dienone is 1. The molecule has 1 nitrogen and oxygen atoms in total. The molecule has 0 rings (SSSR count). The topological polar surface area (TPSA) is 9.23 Å². The fourth-order valence-corrected chi connectivity index (χ4v) is 0.983. The molecule has 0 saturated carbocycles. The second-order valence-electron chi connectivity index (χ2n) is 2.09. The molecule has 0 saturated heterocycles. The summed E-state index contributed by atoms with van der Waals surface area (Å²) in [6.45, 7) is 5.63. The monoisotopic (exact) mass is 200 g/mol. The number of rotatable bonds is 2. The Balaban J connectivity index is 3.58. The van der Waals surface area contributed by atoms with Crippen LogP contribution in [0.15, 0.2) is 12.7 Å². The maximum Gasteiger partial charge on any atom is 0.220 e. The molecule has 0 aromatic heterocycles. The van der Waals surface area contributed by atoms with Crippen LogP contribution in [-0.4, -0.2) is 17.2 Å². The lowest BCUT2D eigenvalue weighted by atomic mass is 10.2. The van der Waals surface area contributed by atoms with E-state index < -0.39 is 0 Å². The minimum absolute atomic E-state index is 0.252. The van der Waals surface area contributed by atoms with Crippen LogP contribution in [0.2, 0.25) is 0 Å². The van der Waals surface area contributed by atoms with Gasteiger partial charge < -0.3 is 4.74 Å². The molecule has 0 aromatic carbocycles. The Labute approximate surface area is 83.6 Å². The van der Waals surface area contributed by atoms with Crippen molar-refractivity contribution >= 4 is 28.4 Å². The molecule has 0 bridgehead atoms. The van der Waals surface area contributed by atoms with E-state index in [4.69, 9.17) is 17.0 Å². The summed E-state index contributed by atoms with van der Waals surface area (Å²) in [5, 5.41) is 0. The Morgan fingerprint density at radius 1 is 1.83 bits per heavy atom. The number of ether oxygens (including phenoxy) is 1. The molecule has 1 unspecified atom stereocenters. The van der Waals surface area contributed by atoms with E-state index in [9.17, 15) is 0 Å². The highest BCUT2D eigenvalue weighted by molar-refractivity contribution is 8.22. The maximum atomic E-state index is 4.82. The fraction of sp³-hybridized carbons (Fsp3) is 0.444. The first-order valence-electron chi connectivity index (χ1n) is 3.52. The van der Waals surface area contributed by atoms with Crippen LogP contribution >= 0.6 is 24.0 Å². The number of thioether (sulfide) groups is 1. The van der Waals surface area contributed by atoms with Gasteiger partial charge in [0.05, 0.1) is 12.9 Å². The highest BCUT2D eigenvalue weighted by Crippen LogP contribution is 2.03. The van der Waals surface area contributed by atoms with Gasteiger partial charge in [0.25, 0.3) is 0 Å². The molecule has 0 spiro atoms. The highest BCUT2D eigenvalue weighted by atomic mass is 32.2. The van der Waals surface area contributed by atoms with Crippen molar-refractivity contribution in [2.24, 2.45) is 5.92 Å². The molecule has 0 N–H and O–H groups in total. The van der Waals surface area contributed by atoms with Crippen LogP contribution in [-0.2, 0) is 4.74 Å². The van der Waals surface area contributed by atoms with Crippen molar-refractivity contribution in [3.05, 3.63) is 12.7 Å². The number of hydrogen-bond acceptors (Lipinski definition) is 3. The molecule has 0 radical (unpaired) electrons. The number of thiocarbonyl (C=S) groups is 1. The van der Waals surface area contributed by atoms with E-state index in [0.29, 0.717) is 10.1 Å². The molecule has 0 aromatic rings. The van der Waals surface area contributed by atoms with E-state index in [2.05, 4.69) is 18.4 Å². The van der Waals surface area contributed by atoms with Crippen LogP contribution < -0.4 is 0 Å². The molecule has 0 fully saturated rings. The van der Waals surface area contributed by atoms with Gasteiger partial charge in [0, 0.05) is 5.92 Å². The summed E-state index contributed by atoms with van der Waals surface area (Å²) in [5.74, 6) is 6.92. The average Bonchev–Trinajstić information content (AvgIpc) is 2.11. The third-order valence-corrected chi connectivity index (χ3v) is 2.32. The summed E-state index contributed by atoms with van der Waals surface area (Å²) < 4.78 is 5.33. The minimum Gasteiger partial charge on any atom is -0.482 e. The summed E-state index contributed by atoms with van der Waals surface area (Å²) in [6, 6.07) is 0. The van der Waals surface area contributed by atoms with Gasteiger partial charge in [0.2, 0.25) is 4.38 Å². The molecule has 1 atom stereocenters. The number of hydrogen-bond donors (Lipinski definition) is 0. The first-order valence-corrected chi connectivity index (χ1v) is 4.91. The highest BCUT2D eigenvalue weighted by Gasteiger charge is 1.91. The summed E-state index contributed by atoms with van der Waals surface area (Å²) in [6.07, 6.45) is 1.81. The molecule has 0 aliphatic carbocycles. The van der Waals surface area contributed by atoms with Crippen LogP contribution in [0.5, 0.6) is 0 Å². The minimum atomic E-state index is 0.252.